The van der Waals surface area contributed by atoms with Gasteiger partial charge in [0.05, 0.1) is 13.2 Å². The molecule has 0 fully saturated rings. The lowest BCUT2D eigenvalue weighted by Crippen LogP contribution is -2.11. The van der Waals surface area contributed by atoms with E-state index in [4.69, 9.17) is 9.47 Å². The van der Waals surface area contributed by atoms with Crippen molar-refractivity contribution in [3.05, 3.63) is 137 Å². The number of hydrogen-bond donors (Lipinski definition) is 0. The molecule has 5 nitrogen and oxygen atoms in total. The maximum atomic E-state index is 11.8. The monoisotopic (exact) mass is 585 g/mol. The third-order valence-electron chi connectivity index (χ3n) is 8.58. The van der Waals surface area contributed by atoms with Gasteiger partial charge < -0.3 is 14.4 Å². The van der Waals surface area contributed by atoms with Crippen molar-refractivity contribution in [2.75, 3.05) is 18.1 Å². The zero-order valence-electron chi connectivity index (χ0n) is 26.0. The molecule has 5 rings (SSSR count). The summed E-state index contributed by atoms with van der Waals surface area (Å²) in [5.74, 6) is -0.880. The molecule has 0 saturated heterocycles. The van der Waals surface area contributed by atoms with E-state index in [1.807, 2.05) is 0 Å². The number of carbonyl (C=O) groups is 2. The van der Waals surface area contributed by atoms with Crippen LogP contribution in [0.15, 0.2) is 92.0 Å². The van der Waals surface area contributed by atoms with Crippen LogP contribution in [0.1, 0.15) is 44.5 Å². The Morgan fingerprint density at radius 3 is 1.77 bits per heavy atom. The Morgan fingerprint density at radius 1 is 0.682 bits per heavy atom. The number of ether oxygens (including phenoxy) is 2. The summed E-state index contributed by atoms with van der Waals surface area (Å²) in [4.78, 5) is 25.8. The van der Waals surface area contributed by atoms with Crippen LogP contribution in [0.4, 0.5) is 17.1 Å². The van der Waals surface area contributed by atoms with Gasteiger partial charge >= 0.3 is 11.9 Å². The van der Waals surface area contributed by atoms with Crippen LogP contribution < -0.4 is 4.90 Å². The molecule has 1 aliphatic carbocycles. The molecule has 0 atom stereocenters. The normalized spacial score (nSPS) is 11.4. The van der Waals surface area contributed by atoms with E-state index >= 15 is 0 Å². The summed E-state index contributed by atoms with van der Waals surface area (Å²) in [5.41, 5.74) is 15.4. The topological polar surface area (TPSA) is 55.8 Å². The predicted molar refractivity (Wildman–Crippen MR) is 178 cm³/mol. The Balaban J connectivity index is 1.53. The number of fused-ring (bicyclic) bond motifs is 3. The lowest BCUT2D eigenvalue weighted by molar-refractivity contribution is -0.138. The summed E-state index contributed by atoms with van der Waals surface area (Å²) in [5, 5.41) is 0. The van der Waals surface area contributed by atoms with E-state index in [1.54, 1.807) is 0 Å². The third-order valence-corrected chi connectivity index (χ3v) is 8.58. The van der Waals surface area contributed by atoms with E-state index in [2.05, 4.69) is 112 Å². The number of benzene rings is 4. The first-order valence-electron chi connectivity index (χ1n) is 15.0. The molecular formula is C39H39NO4. The predicted octanol–water partition coefficient (Wildman–Crippen LogP) is 8.50. The summed E-state index contributed by atoms with van der Waals surface area (Å²) in [7, 11) is 0. The highest BCUT2D eigenvalue weighted by Crippen LogP contribution is 2.44. The Morgan fingerprint density at radius 2 is 1.20 bits per heavy atom. The quantitative estimate of drug-likeness (QED) is 0.115. The molecule has 4 aromatic carbocycles. The molecule has 0 amide bonds. The molecular weight excluding hydrogens is 546 g/mol. The average Bonchev–Trinajstić information content (AvgIpc) is 3.39. The summed E-state index contributed by atoms with van der Waals surface area (Å²) < 4.78 is 10.7. The Kier molecular flexibility index (Phi) is 9.15. The van der Waals surface area contributed by atoms with Gasteiger partial charge in [-0.1, -0.05) is 43.5 Å². The van der Waals surface area contributed by atoms with E-state index in [-0.39, 0.29) is 13.2 Å². The van der Waals surface area contributed by atoms with Crippen LogP contribution in [-0.4, -0.2) is 25.2 Å². The first-order valence-corrected chi connectivity index (χ1v) is 15.0. The Labute approximate surface area is 260 Å². The van der Waals surface area contributed by atoms with Crippen molar-refractivity contribution in [3.63, 3.8) is 0 Å². The number of esters is 2. The van der Waals surface area contributed by atoms with Gasteiger partial charge in [-0.25, -0.2) is 9.59 Å². The second-order valence-electron chi connectivity index (χ2n) is 11.4. The SMILES string of the molecule is C=CC(=O)OCCc1ccc2c(c1CCOC(=O)C=C)Cc1cc(N(c3ccc(C)c(C)c3)c3ccc(C)c(C)c3)ccc1-2. The Hall–Kier alpha value is -4.90. The molecule has 224 valence electrons. The van der Waals surface area contributed by atoms with Crippen molar-refractivity contribution < 1.29 is 19.1 Å². The van der Waals surface area contributed by atoms with Crippen molar-refractivity contribution in [1.82, 2.24) is 0 Å². The second-order valence-corrected chi connectivity index (χ2v) is 11.4. The maximum absolute atomic E-state index is 11.8. The van der Waals surface area contributed by atoms with Crippen molar-refractivity contribution in [2.24, 2.45) is 0 Å². The van der Waals surface area contributed by atoms with Crippen LogP contribution in [0, 0.1) is 27.7 Å². The van der Waals surface area contributed by atoms with Crippen molar-refractivity contribution in [1.29, 1.82) is 0 Å². The molecule has 0 aliphatic heterocycles. The molecule has 0 spiro atoms. The molecule has 0 saturated carbocycles. The van der Waals surface area contributed by atoms with Crippen LogP contribution in [0.2, 0.25) is 0 Å². The van der Waals surface area contributed by atoms with Crippen molar-refractivity contribution in [2.45, 2.75) is 47.0 Å². The van der Waals surface area contributed by atoms with Gasteiger partial charge in [-0.05, 0) is 126 Å². The molecule has 44 heavy (non-hydrogen) atoms. The lowest BCUT2D eigenvalue weighted by Gasteiger charge is -2.27. The molecule has 0 aromatic heterocycles. The van der Waals surface area contributed by atoms with Gasteiger partial charge in [-0.3, -0.25) is 0 Å². The first-order chi connectivity index (χ1) is 21.2. The number of rotatable bonds is 11. The van der Waals surface area contributed by atoms with Gasteiger partial charge in [0.15, 0.2) is 0 Å². The fraction of sp³-hybridized carbons (Fsp3) is 0.231. The highest BCUT2D eigenvalue weighted by Gasteiger charge is 2.25. The molecule has 0 bridgehead atoms. The summed E-state index contributed by atoms with van der Waals surface area (Å²) in [6.07, 6.45) is 4.24. The van der Waals surface area contributed by atoms with Crippen LogP contribution in [0.3, 0.4) is 0 Å². The lowest BCUT2D eigenvalue weighted by atomic mass is 9.93. The average molecular weight is 586 g/mol. The summed E-state index contributed by atoms with van der Waals surface area (Å²) in [6.45, 7) is 16.1. The minimum Gasteiger partial charge on any atom is -0.462 e. The van der Waals surface area contributed by atoms with Crippen molar-refractivity contribution in [3.8, 4) is 11.1 Å². The van der Waals surface area contributed by atoms with Gasteiger partial charge in [-0.15, -0.1) is 0 Å². The molecule has 0 heterocycles. The van der Waals surface area contributed by atoms with Crippen LogP contribution in [0.25, 0.3) is 11.1 Å². The minimum atomic E-state index is -0.440. The zero-order chi connectivity index (χ0) is 31.4. The number of hydrogen-bond acceptors (Lipinski definition) is 5. The van der Waals surface area contributed by atoms with E-state index < -0.39 is 11.9 Å². The molecule has 0 radical (unpaired) electrons. The molecule has 0 unspecified atom stereocenters. The van der Waals surface area contributed by atoms with Crippen molar-refractivity contribution >= 4 is 29.0 Å². The maximum Gasteiger partial charge on any atom is 0.330 e. The van der Waals surface area contributed by atoms with Crippen LogP contribution in [-0.2, 0) is 38.3 Å². The molecule has 1 aliphatic rings. The van der Waals surface area contributed by atoms with E-state index in [1.165, 1.54) is 56.7 Å². The molecule has 5 heteroatoms. The van der Waals surface area contributed by atoms with Gasteiger partial charge in [-0.2, -0.15) is 0 Å². The number of aryl methyl sites for hydroxylation is 4. The molecule has 0 N–H and O–H groups in total. The second kappa shape index (κ2) is 13.2. The van der Waals surface area contributed by atoms with E-state index in [0.29, 0.717) is 12.8 Å². The zero-order valence-corrected chi connectivity index (χ0v) is 26.0. The fourth-order valence-electron chi connectivity index (χ4n) is 5.87. The van der Waals surface area contributed by atoms with E-state index in [0.717, 1.165) is 34.6 Å². The highest BCUT2D eigenvalue weighted by atomic mass is 16.5. The van der Waals surface area contributed by atoms with Gasteiger partial charge in [0, 0.05) is 42.1 Å². The summed E-state index contributed by atoms with van der Waals surface area (Å²) >= 11 is 0. The third kappa shape index (κ3) is 6.37. The number of nitrogens with zero attached hydrogens (tertiary/aromatic N) is 1. The highest BCUT2D eigenvalue weighted by molar-refractivity contribution is 5.85. The Bertz CT molecular complexity index is 1720. The minimum absolute atomic E-state index is 0.246. The van der Waals surface area contributed by atoms with Crippen LogP contribution in [0.5, 0.6) is 0 Å². The van der Waals surface area contributed by atoms with Gasteiger partial charge in [0.1, 0.15) is 0 Å². The largest absolute Gasteiger partial charge is 0.462 e. The number of anilines is 3. The van der Waals surface area contributed by atoms with E-state index in [9.17, 15) is 9.59 Å². The smallest absolute Gasteiger partial charge is 0.330 e. The first kappa shape index (κ1) is 30.6. The van der Waals surface area contributed by atoms with Gasteiger partial charge in [0.2, 0.25) is 0 Å². The molecule has 4 aromatic rings. The van der Waals surface area contributed by atoms with Gasteiger partial charge in [0.25, 0.3) is 0 Å². The van der Waals surface area contributed by atoms with Crippen LogP contribution >= 0.6 is 0 Å². The summed E-state index contributed by atoms with van der Waals surface area (Å²) in [6, 6.07) is 24.2. The standard InChI is InChI=1S/C39H39NO4/c1-7-38(41)43-19-17-29-11-15-36-34-16-14-33(23-30(34)24-37(36)35(29)18-20-44-39(42)8-2)40(31-12-9-25(3)27(5)21-31)32-13-10-26(4)28(6)22-32/h7-16,21-23H,1-2,17-20,24H2,3-6H3. The fourth-order valence-corrected chi connectivity index (χ4v) is 5.87. The number of carbonyl (C=O) groups excluding carboxylic acids is 2.